The summed E-state index contributed by atoms with van der Waals surface area (Å²) >= 11 is 0. The molecular formula is C12H17N5O3S. The summed E-state index contributed by atoms with van der Waals surface area (Å²) in [6, 6.07) is 4.13. The largest absolute Gasteiger partial charge is 0.494 e. The summed E-state index contributed by atoms with van der Waals surface area (Å²) in [5, 5.41) is 13.2. The first kappa shape index (κ1) is 15.4. The monoisotopic (exact) mass is 311 g/mol. The molecule has 2 rings (SSSR count). The molecule has 0 aliphatic carbocycles. The van der Waals surface area contributed by atoms with Gasteiger partial charge in [-0.2, -0.15) is 5.21 Å². The van der Waals surface area contributed by atoms with Crippen molar-refractivity contribution in [3.05, 3.63) is 29.6 Å². The van der Waals surface area contributed by atoms with Crippen LogP contribution in [-0.4, -0.2) is 35.6 Å². The molecule has 1 unspecified atom stereocenters. The maximum atomic E-state index is 12.3. The van der Waals surface area contributed by atoms with E-state index >= 15 is 0 Å². The molecule has 0 aliphatic heterocycles. The third kappa shape index (κ3) is 3.56. The molecule has 0 saturated carbocycles. The number of ether oxygens (including phenoxy) is 1. The van der Waals surface area contributed by atoms with E-state index < -0.39 is 16.1 Å². The van der Waals surface area contributed by atoms with Crippen LogP contribution in [0.2, 0.25) is 0 Å². The van der Waals surface area contributed by atoms with Crippen LogP contribution in [-0.2, 0) is 10.0 Å². The molecule has 9 heteroatoms. The molecule has 1 aromatic heterocycles. The van der Waals surface area contributed by atoms with Gasteiger partial charge in [0.1, 0.15) is 5.75 Å². The number of nitrogens with zero attached hydrogens (tertiary/aromatic N) is 3. The molecule has 8 nitrogen and oxygen atoms in total. The minimum absolute atomic E-state index is 0.166. The average molecular weight is 311 g/mol. The van der Waals surface area contributed by atoms with E-state index in [1.54, 1.807) is 26.0 Å². The molecule has 0 amide bonds. The van der Waals surface area contributed by atoms with E-state index in [9.17, 15) is 8.42 Å². The lowest BCUT2D eigenvalue weighted by molar-refractivity contribution is 0.337. The van der Waals surface area contributed by atoms with E-state index in [4.69, 9.17) is 4.74 Å². The normalized spacial score (nSPS) is 13.1. The van der Waals surface area contributed by atoms with Gasteiger partial charge in [0.2, 0.25) is 10.0 Å². The molecule has 114 valence electrons. The van der Waals surface area contributed by atoms with Gasteiger partial charge in [0, 0.05) is 0 Å². The summed E-state index contributed by atoms with van der Waals surface area (Å²) in [7, 11) is -3.67. The smallest absolute Gasteiger partial charge is 0.241 e. The van der Waals surface area contributed by atoms with Crippen LogP contribution in [0.1, 0.15) is 31.3 Å². The lowest BCUT2D eigenvalue weighted by Gasteiger charge is -2.13. The van der Waals surface area contributed by atoms with Gasteiger partial charge in [0.05, 0.1) is 17.5 Å². The third-order valence-corrected chi connectivity index (χ3v) is 4.38. The van der Waals surface area contributed by atoms with E-state index in [0.29, 0.717) is 12.4 Å². The minimum atomic E-state index is -3.67. The molecule has 1 heterocycles. The highest BCUT2D eigenvalue weighted by atomic mass is 32.2. The van der Waals surface area contributed by atoms with Crippen molar-refractivity contribution >= 4 is 10.0 Å². The predicted octanol–water partition coefficient (Wildman–Crippen LogP) is 0.946. The van der Waals surface area contributed by atoms with Crippen molar-refractivity contribution in [1.29, 1.82) is 0 Å². The van der Waals surface area contributed by atoms with E-state index in [1.165, 1.54) is 6.07 Å². The molecule has 2 N–H and O–H groups in total. The molecule has 1 aromatic carbocycles. The van der Waals surface area contributed by atoms with Gasteiger partial charge in [-0.3, -0.25) is 0 Å². The van der Waals surface area contributed by atoms with Crippen molar-refractivity contribution in [2.75, 3.05) is 6.61 Å². The van der Waals surface area contributed by atoms with Crippen LogP contribution in [0, 0.1) is 6.92 Å². The average Bonchev–Trinajstić information content (AvgIpc) is 2.95. The number of aryl methyl sites for hydroxylation is 1. The predicted molar refractivity (Wildman–Crippen MR) is 75.3 cm³/mol. The van der Waals surface area contributed by atoms with Crippen molar-refractivity contribution in [3.8, 4) is 5.75 Å². The Morgan fingerprint density at radius 3 is 2.76 bits per heavy atom. The molecular weight excluding hydrogens is 294 g/mol. The van der Waals surface area contributed by atoms with Crippen molar-refractivity contribution in [3.63, 3.8) is 0 Å². The van der Waals surface area contributed by atoms with Gasteiger partial charge in [0.15, 0.2) is 5.82 Å². The standard InChI is InChI=1S/C12H17N5O3S/c1-4-20-11-6-5-10(7-8(11)2)21(18,19)15-9(3)12-13-16-17-14-12/h5-7,9,15H,4H2,1-3H3,(H,13,14,16,17). The number of sulfonamides is 1. The second-order valence-corrected chi connectivity index (χ2v) is 6.19. The number of nitrogens with one attached hydrogen (secondary N) is 2. The Labute approximate surface area is 123 Å². The second-order valence-electron chi connectivity index (χ2n) is 4.47. The summed E-state index contributed by atoms with van der Waals surface area (Å²) < 4.78 is 32.5. The number of rotatable bonds is 6. The van der Waals surface area contributed by atoms with Gasteiger partial charge in [-0.25, -0.2) is 13.1 Å². The van der Waals surface area contributed by atoms with Crippen LogP contribution in [0.15, 0.2) is 23.1 Å². The molecule has 21 heavy (non-hydrogen) atoms. The number of aromatic amines is 1. The topological polar surface area (TPSA) is 110 Å². The Morgan fingerprint density at radius 2 is 2.19 bits per heavy atom. The number of hydrogen-bond acceptors (Lipinski definition) is 6. The highest BCUT2D eigenvalue weighted by Crippen LogP contribution is 2.22. The van der Waals surface area contributed by atoms with E-state index in [0.717, 1.165) is 5.56 Å². The van der Waals surface area contributed by atoms with E-state index in [-0.39, 0.29) is 10.7 Å². The van der Waals surface area contributed by atoms with Crippen LogP contribution in [0.3, 0.4) is 0 Å². The van der Waals surface area contributed by atoms with Crippen molar-refractivity contribution in [2.45, 2.75) is 31.7 Å². The minimum Gasteiger partial charge on any atom is -0.494 e. The molecule has 0 saturated heterocycles. The van der Waals surface area contributed by atoms with E-state index in [2.05, 4.69) is 25.3 Å². The van der Waals surface area contributed by atoms with Gasteiger partial charge >= 0.3 is 0 Å². The molecule has 0 bridgehead atoms. The Kier molecular flexibility index (Phi) is 4.53. The van der Waals surface area contributed by atoms with Crippen LogP contribution < -0.4 is 9.46 Å². The van der Waals surface area contributed by atoms with Crippen LogP contribution in [0.4, 0.5) is 0 Å². The number of tetrazole rings is 1. The maximum absolute atomic E-state index is 12.3. The highest BCUT2D eigenvalue weighted by Gasteiger charge is 2.21. The first-order valence-corrected chi connectivity index (χ1v) is 7.91. The molecule has 0 radical (unpaired) electrons. The van der Waals surface area contributed by atoms with Gasteiger partial charge in [-0.1, -0.05) is 5.21 Å². The first-order chi connectivity index (χ1) is 9.94. The number of aromatic nitrogens is 4. The van der Waals surface area contributed by atoms with Gasteiger partial charge in [-0.05, 0) is 44.5 Å². The fourth-order valence-corrected chi connectivity index (χ4v) is 3.10. The Morgan fingerprint density at radius 1 is 1.43 bits per heavy atom. The molecule has 2 aromatic rings. The zero-order chi connectivity index (χ0) is 15.5. The first-order valence-electron chi connectivity index (χ1n) is 6.43. The number of benzene rings is 1. The summed E-state index contributed by atoms with van der Waals surface area (Å²) in [4.78, 5) is 0.166. The van der Waals surface area contributed by atoms with Crippen LogP contribution in [0.25, 0.3) is 0 Å². The molecule has 1 atom stereocenters. The van der Waals surface area contributed by atoms with Crippen molar-refractivity contribution < 1.29 is 13.2 Å². The van der Waals surface area contributed by atoms with Gasteiger partial charge < -0.3 is 4.74 Å². The summed E-state index contributed by atoms with van der Waals surface area (Å²) in [5.74, 6) is 0.948. The molecule has 0 fully saturated rings. The third-order valence-electron chi connectivity index (χ3n) is 2.84. The quantitative estimate of drug-likeness (QED) is 0.821. The lowest BCUT2D eigenvalue weighted by atomic mass is 10.2. The van der Waals surface area contributed by atoms with Crippen molar-refractivity contribution in [1.82, 2.24) is 25.3 Å². The highest BCUT2D eigenvalue weighted by molar-refractivity contribution is 7.89. The van der Waals surface area contributed by atoms with Crippen molar-refractivity contribution in [2.24, 2.45) is 0 Å². The Bertz CT molecular complexity index is 700. The SMILES string of the molecule is CCOc1ccc(S(=O)(=O)NC(C)c2nn[nH]n2)cc1C. The number of H-pyrrole nitrogens is 1. The summed E-state index contributed by atoms with van der Waals surface area (Å²) in [6.07, 6.45) is 0. The van der Waals surface area contributed by atoms with Crippen LogP contribution >= 0.6 is 0 Å². The van der Waals surface area contributed by atoms with Gasteiger partial charge in [0.25, 0.3) is 0 Å². The van der Waals surface area contributed by atoms with Gasteiger partial charge in [-0.15, -0.1) is 10.2 Å². The second kappa shape index (κ2) is 6.19. The fraction of sp³-hybridized carbons (Fsp3) is 0.417. The molecule has 0 aliphatic rings. The Hall–Kier alpha value is -2.00. The summed E-state index contributed by atoms with van der Waals surface area (Å²) in [5.41, 5.74) is 0.756. The Balaban J connectivity index is 2.21. The molecule has 0 spiro atoms. The zero-order valence-electron chi connectivity index (χ0n) is 12.0. The maximum Gasteiger partial charge on any atom is 0.241 e. The number of hydrogen-bond donors (Lipinski definition) is 2. The summed E-state index contributed by atoms with van der Waals surface area (Å²) in [6.45, 7) is 5.84. The van der Waals surface area contributed by atoms with Crippen LogP contribution in [0.5, 0.6) is 5.75 Å². The fourth-order valence-electron chi connectivity index (χ4n) is 1.81. The van der Waals surface area contributed by atoms with E-state index in [1.807, 2.05) is 6.92 Å². The lowest BCUT2D eigenvalue weighted by Crippen LogP contribution is -2.27. The zero-order valence-corrected chi connectivity index (χ0v) is 12.8.